The van der Waals surface area contributed by atoms with Crippen molar-refractivity contribution in [3.05, 3.63) is 70.3 Å². The van der Waals surface area contributed by atoms with E-state index in [-0.39, 0.29) is 11.6 Å². The number of nitrogens with one attached hydrogen (secondary N) is 2. The Morgan fingerprint density at radius 2 is 1.67 bits per heavy atom. The van der Waals surface area contributed by atoms with E-state index in [2.05, 4.69) is 10.6 Å². The van der Waals surface area contributed by atoms with E-state index in [0.717, 1.165) is 5.69 Å². The molecule has 0 bridgehead atoms. The van der Waals surface area contributed by atoms with Gasteiger partial charge in [0, 0.05) is 36.5 Å². The van der Waals surface area contributed by atoms with Crippen LogP contribution in [0.25, 0.3) is 0 Å². The molecule has 2 aromatic carbocycles. The summed E-state index contributed by atoms with van der Waals surface area (Å²) in [6.45, 7) is 1.00. The molecule has 0 radical (unpaired) electrons. The zero-order chi connectivity index (χ0) is 15.1. The monoisotopic (exact) mass is 285 g/mol. The molecule has 0 saturated heterocycles. The number of rotatable bonds is 6. The molecule has 1 amide bonds. The smallest absolute Gasteiger partial charge is 0.269 e. The summed E-state index contributed by atoms with van der Waals surface area (Å²) in [5, 5.41) is 16.4. The molecule has 0 spiro atoms. The molecule has 21 heavy (non-hydrogen) atoms. The summed E-state index contributed by atoms with van der Waals surface area (Å²) in [5.74, 6) is -0.124. The number of benzene rings is 2. The molecule has 0 atom stereocenters. The minimum atomic E-state index is -0.441. The number of hydrogen-bond donors (Lipinski definition) is 2. The van der Waals surface area contributed by atoms with E-state index in [0.29, 0.717) is 18.7 Å². The molecule has 0 aliphatic heterocycles. The first-order chi connectivity index (χ1) is 10.2. The Bertz CT molecular complexity index is 612. The number of amides is 1. The lowest BCUT2D eigenvalue weighted by Gasteiger charge is -2.08. The molecular formula is C15H15N3O3. The van der Waals surface area contributed by atoms with Gasteiger partial charge in [-0.1, -0.05) is 18.2 Å². The van der Waals surface area contributed by atoms with Crippen LogP contribution in [0.15, 0.2) is 54.6 Å². The fourth-order valence-corrected chi connectivity index (χ4v) is 1.78. The molecule has 0 heterocycles. The van der Waals surface area contributed by atoms with Crippen molar-refractivity contribution in [3.8, 4) is 0 Å². The van der Waals surface area contributed by atoms with Crippen molar-refractivity contribution in [1.29, 1.82) is 0 Å². The molecular weight excluding hydrogens is 270 g/mol. The van der Waals surface area contributed by atoms with E-state index in [1.165, 1.54) is 12.1 Å². The summed E-state index contributed by atoms with van der Waals surface area (Å²) in [5.41, 5.74) is 1.44. The van der Waals surface area contributed by atoms with E-state index >= 15 is 0 Å². The van der Waals surface area contributed by atoms with Gasteiger partial charge in [-0.05, 0) is 24.3 Å². The predicted octanol–water partition coefficient (Wildman–Crippen LogP) is 2.44. The normalized spacial score (nSPS) is 9.90. The van der Waals surface area contributed by atoms with E-state index in [9.17, 15) is 14.9 Å². The summed E-state index contributed by atoms with van der Waals surface area (Å²) in [6.07, 6.45) is 0. The maximum Gasteiger partial charge on any atom is 0.269 e. The van der Waals surface area contributed by atoms with Crippen molar-refractivity contribution < 1.29 is 9.72 Å². The topological polar surface area (TPSA) is 84.3 Å². The van der Waals surface area contributed by atoms with Crippen LogP contribution in [0.1, 0.15) is 10.4 Å². The van der Waals surface area contributed by atoms with Gasteiger partial charge in [0.15, 0.2) is 0 Å². The lowest BCUT2D eigenvalue weighted by Crippen LogP contribution is -2.28. The van der Waals surface area contributed by atoms with Gasteiger partial charge in [-0.2, -0.15) is 0 Å². The number of nitro groups is 1. The van der Waals surface area contributed by atoms with Crippen LogP contribution < -0.4 is 10.6 Å². The zero-order valence-corrected chi connectivity index (χ0v) is 11.3. The summed E-state index contributed by atoms with van der Waals surface area (Å²) in [6, 6.07) is 15.1. The van der Waals surface area contributed by atoms with Crippen LogP contribution in [-0.4, -0.2) is 23.9 Å². The third kappa shape index (κ3) is 4.31. The van der Waals surface area contributed by atoms with E-state index in [4.69, 9.17) is 0 Å². The van der Waals surface area contributed by atoms with Crippen LogP contribution in [0.2, 0.25) is 0 Å². The molecule has 0 aliphatic carbocycles. The quantitative estimate of drug-likeness (QED) is 0.485. The fourth-order valence-electron chi connectivity index (χ4n) is 1.78. The third-order valence-electron chi connectivity index (χ3n) is 2.85. The number of carbonyl (C=O) groups excluding carboxylic acids is 1. The minimum absolute atomic E-state index is 0.0536. The Hall–Kier alpha value is -2.89. The molecule has 108 valence electrons. The maximum atomic E-state index is 11.8. The van der Waals surface area contributed by atoms with Crippen LogP contribution in [0.4, 0.5) is 11.4 Å². The van der Waals surface area contributed by atoms with Gasteiger partial charge >= 0.3 is 0 Å². The Kier molecular flexibility index (Phi) is 4.87. The third-order valence-corrected chi connectivity index (χ3v) is 2.85. The Balaban J connectivity index is 1.75. The van der Waals surface area contributed by atoms with Crippen molar-refractivity contribution in [2.24, 2.45) is 0 Å². The molecule has 0 unspecified atom stereocenters. The number of nitrogens with zero attached hydrogens (tertiary/aromatic N) is 1. The Morgan fingerprint density at radius 3 is 2.29 bits per heavy atom. The van der Waals surface area contributed by atoms with Crippen molar-refractivity contribution in [2.45, 2.75) is 0 Å². The Labute approximate surface area is 121 Å². The molecule has 6 heteroatoms. The first-order valence-corrected chi connectivity index (χ1v) is 6.48. The summed E-state index contributed by atoms with van der Waals surface area (Å²) >= 11 is 0. The van der Waals surface area contributed by atoms with Gasteiger partial charge in [0.05, 0.1) is 4.92 Å². The average Bonchev–Trinajstić information content (AvgIpc) is 2.52. The van der Waals surface area contributed by atoms with Crippen molar-refractivity contribution in [2.75, 3.05) is 18.4 Å². The second-order valence-electron chi connectivity index (χ2n) is 4.35. The van der Waals surface area contributed by atoms with Crippen molar-refractivity contribution >= 4 is 17.3 Å². The summed E-state index contributed by atoms with van der Waals surface area (Å²) in [4.78, 5) is 21.8. The molecule has 6 nitrogen and oxygen atoms in total. The standard InChI is InChI=1S/C15H15N3O3/c19-15(12-4-2-1-3-5-12)17-11-10-16-13-6-8-14(9-7-13)18(20)21/h1-9,16H,10-11H2,(H,17,19). The van der Waals surface area contributed by atoms with E-state index in [1.807, 2.05) is 18.2 Å². The van der Waals surface area contributed by atoms with Crippen LogP contribution >= 0.6 is 0 Å². The van der Waals surface area contributed by atoms with Gasteiger partial charge in [0.2, 0.25) is 0 Å². The van der Waals surface area contributed by atoms with Gasteiger partial charge in [0.25, 0.3) is 11.6 Å². The van der Waals surface area contributed by atoms with E-state index in [1.54, 1.807) is 24.3 Å². The molecule has 2 N–H and O–H groups in total. The molecule has 0 fully saturated rings. The number of anilines is 1. The number of nitro benzene ring substituents is 1. The number of carbonyl (C=O) groups is 1. The first kappa shape index (κ1) is 14.5. The first-order valence-electron chi connectivity index (χ1n) is 6.48. The Morgan fingerprint density at radius 1 is 1.00 bits per heavy atom. The second kappa shape index (κ2) is 7.04. The molecule has 0 aromatic heterocycles. The highest BCUT2D eigenvalue weighted by atomic mass is 16.6. The molecule has 0 saturated carbocycles. The zero-order valence-electron chi connectivity index (χ0n) is 11.3. The van der Waals surface area contributed by atoms with Gasteiger partial charge in [-0.3, -0.25) is 14.9 Å². The lowest BCUT2D eigenvalue weighted by molar-refractivity contribution is -0.384. The largest absolute Gasteiger partial charge is 0.383 e. The van der Waals surface area contributed by atoms with Gasteiger partial charge < -0.3 is 10.6 Å². The van der Waals surface area contributed by atoms with Crippen molar-refractivity contribution in [1.82, 2.24) is 5.32 Å². The molecule has 2 rings (SSSR count). The average molecular weight is 285 g/mol. The van der Waals surface area contributed by atoms with Crippen LogP contribution in [0.3, 0.4) is 0 Å². The number of non-ortho nitro benzene ring substituents is 1. The minimum Gasteiger partial charge on any atom is -0.383 e. The highest BCUT2D eigenvalue weighted by Crippen LogP contribution is 2.14. The second-order valence-corrected chi connectivity index (χ2v) is 4.35. The molecule has 2 aromatic rings. The summed E-state index contributed by atoms with van der Waals surface area (Å²) < 4.78 is 0. The van der Waals surface area contributed by atoms with Gasteiger partial charge in [0.1, 0.15) is 0 Å². The lowest BCUT2D eigenvalue weighted by atomic mass is 10.2. The van der Waals surface area contributed by atoms with E-state index < -0.39 is 4.92 Å². The van der Waals surface area contributed by atoms with Crippen LogP contribution in [-0.2, 0) is 0 Å². The number of hydrogen-bond acceptors (Lipinski definition) is 4. The highest BCUT2D eigenvalue weighted by Gasteiger charge is 2.04. The summed E-state index contributed by atoms with van der Waals surface area (Å²) in [7, 11) is 0. The van der Waals surface area contributed by atoms with Crippen LogP contribution in [0, 0.1) is 10.1 Å². The maximum absolute atomic E-state index is 11.8. The van der Waals surface area contributed by atoms with Gasteiger partial charge in [-0.15, -0.1) is 0 Å². The van der Waals surface area contributed by atoms with Crippen LogP contribution in [0.5, 0.6) is 0 Å². The highest BCUT2D eigenvalue weighted by molar-refractivity contribution is 5.94. The fraction of sp³-hybridized carbons (Fsp3) is 0.133. The SMILES string of the molecule is O=C(NCCNc1ccc([N+](=O)[O-])cc1)c1ccccc1. The van der Waals surface area contributed by atoms with Crippen molar-refractivity contribution in [3.63, 3.8) is 0 Å². The predicted molar refractivity (Wildman–Crippen MR) is 80.4 cm³/mol. The molecule has 0 aliphatic rings. The van der Waals surface area contributed by atoms with Gasteiger partial charge in [-0.25, -0.2) is 0 Å².